The number of carboxylic acid groups (broad SMARTS) is 2. The monoisotopic (exact) mass is 480 g/mol. The molecule has 34 heavy (non-hydrogen) atoms. The third-order valence-corrected chi connectivity index (χ3v) is 4.49. The molecule has 1 fully saturated rings. The van der Waals surface area contributed by atoms with Crippen molar-refractivity contribution >= 4 is 23.7 Å². The number of nitrogens with two attached hydrogens (primary N) is 1. The number of aromatic hydroxyl groups is 1. The van der Waals surface area contributed by atoms with Crippen molar-refractivity contribution in [1.29, 1.82) is 0 Å². The largest absolute Gasteiger partial charge is 0.507 e. The zero-order valence-electron chi connectivity index (χ0n) is 17.3. The Morgan fingerprint density at radius 2 is 1.82 bits per heavy atom. The Kier molecular flexibility index (Phi) is 8.15. The molecule has 1 aliphatic rings. The first-order valence-electron chi connectivity index (χ1n) is 9.59. The number of hydrogen-bond donors (Lipinski definition) is 5. The van der Waals surface area contributed by atoms with Gasteiger partial charge in [0.25, 0.3) is 0 Å². The summed E-state index contributed by atoms with van der Waals surface area (Å²) in [4.78, 5) is 31.6. The number of rotatable bonds is 6. The minimum absolute atomic E-state index is 0.00177. The summed E-state index contributed by atoms with van der Waals surface area (Å²) in [6.07, 6.45) is 1.70. The van der Waals surface area contributed by atoms with Gasteiger partial charge >= 0.3 is 18.1 Å². The van der Waals surface area contributed by atoms with Gasteiger partial charge in [-0.25, -0.2) is 4.79 Å². The molecule has 10 nitrogen and oxygen atoms in total. The number of phenolic OH excluding ortho intramolecular Hbond substituents is 1. The summed E-state index contributed by atoms with van der Waals surface area (Å²) in [5.41, 5.74) is 7.97. The van der Waals surface area contributed by atoms with Crippen LogP contribution in [0, 0.1) is 12.3 Å². The van der Waals surface area contributed by atoms with Crippen LogP contribution in [0.3, 0.4) is 0 Å². The number of phenols is 1. The van der Waals surface area contributed by atoms with E-state index >= 15 is 0 Å². The number of nitrogens with one attached hydrogen (secondary N) is 1. The molecule has 1 atom stereocenters. The molecule has 1 aliphatic carbocycles. The lowest BCUT2D eigenvalue weighted by Crippen LogP contribution is -2.37. The molecule has 0 radical (unpaired) electrons. The quantitative estimate of drug-likeness (QED) is 0.388. The molecule has 1 aromatic carbocycles. The number of halogens is 3. The second kappa shape index (κ2) is 10.6. The van der Waals surface area contributed by atoms with Gasteiger partial charge < -0.3 is 26.4 Å². The highest BCUT2D eigenvalue weighted by molar-refractivity contribution is 5.96. The second-order valence-electron chi connectivity index (χ2n) is 7.18. The summed E-state index contributed by atoms with van der Waals surface area (Å²) in [7, 11) is 0. The predicted octanol–water partition coefficient (Wildman–Crippen LogP) is 2.08. The van der Waals surface area contributed by atoms with Crippen LogP contribution in [-0.2, 0) is 14.4 Å². The van der Waals surface area contributed by atoms with Crippen LogP contribution in [0.4, 0.5) is 19.0 Å². The number of anilines is 1. The van der Waals surface area contributed by atoms with Crippen LogP contribution in [-0.4, -0.2) is 55.6 Å². The summed E-state index contributed by atoms with van der Waals surface area (Å²) in [5, 5.41) is 36.8. The molecule has 180 valence electrons. The number of terminal acetylenes is 1. The molecule has 6 N–H and O–H groups in total. The maximum atomic E-state index is 12.0. The minimum Gasteiger partial charge on any atom is -0.507 e. The number of benzene rings is 1. The Hall–Kier alpha value is -4.18. The van der Waals surface area contributed by atoms with Crippen molar-refractivity contribution in [3.05, 3.63) is 35.4 Å². The standard InChI is InChI=1S/C19H18N4O4.C2HF3O2/c1-2-10-3-6-12(15(24)7-10)18-13(11-4-5-11)8-16(22-23-18)21-19(27)14(20)9-17(25)26;3-2(4,5)1(6)7/h1,3,6-8,11,14,24H,4-5,9,20H2,(H,25,26)(H,21,22,27);(H,6,7)/t14-;/m1./s1. The highest BCUT2D eigenvalue weighted by Crippen LogP contribution is 2.45. The van der Waals surface area contributed by atoms with Crippen LogP contribution in [0.25, 0.3) is 11.3 Å². The van der Waals surface area contributed by atoms with Crippen molar-refractivity contribution in [2.75, 3.05) is 5.32 Å². The number of aliphatic carboxylic acids is 2. The second-order valence-corrected chi connectivity index (χ2v) is 7.18. The molecule has 13 heteroatoms. The number of aromatic nitrogens is 2. The van der Waals surface area contributed by atoms with Gasteiger partial charge in [-0.05, 0) is 48.6 Å². The van der Waals surface area contributed by atoms with E-state index in [-0.39, 0.29) is 17.5 Å². The fraction of sp³-hybridized carbons (Fsp3) is 0.286. The Balaban J connectivity index is 0.000000509. The molecule has 1 heterocycles. The predicted molar refractivity (Wildman–Crippen MR) is 112 cm³/mol. The molecule has 1 aromatic heterocycles. The maximum absolute atomic E-state index is 12.0. The van der Waals surface area contributed by atoms with Crippen LogP contribution >= 0.6 is 0 Å². The molecule has 0 saturated heterocycles. The van der Waals surface area contributed by atoms with Crippen LogP contribution in [0.2, 0.25) is 0 Å². The van der Waals surface area contributed by atoms with Crippen molar-refractivity contribution in [3.63, 3.8) is 0 Å². The molecule has 1 saturated carbocycles. The Bertz CT molecular complexity index is 1140. The van der Waals surface area contributed by atoms with E-state index in [1.54, 1.807) is 18.2 Å². The molecular weight excluding hydrogens is 461 g/mol. The first-order valence-corrected chi connectivity index (χ1v) is 9.59. The fourth-order valence-corrected chi connectivity index (χ4v) is 2.70. The van der Waals surface area contributed by atoms with Crippen molar-refractivity contribution in [3.8, 4) is 29.4 Å². The highest BCUT2D eigenvalue weighted by Gasteiger charge is 2.38. The van der Waals surface area contributed by atoms with E-state index < -0.39 is 36.5 Å². The van der Waals surface area contributed by atoms with Gasteiger partial charge in [-0.2, -0.15) is 13.2 Å². The topological polar surface area (TPSA) is 176 Å². The summed E-state index contributed by atoms with van der Waals surface area (Å²) in [6, 6.07) is 5.36. The molecule has 3 rings (SSSR count). The Labute approximate surface area is 190 Å². The van der Waals surface area contributed by atoms with Crippen LogP contribution < -0.4 is 11.1 Å². The third-order valence-electron chi connectivity index (χ3n) is 4.49. The molecular formula is C21H19F3N4O6. The number of nitrogens with zero attached hydrogens (tertiary/aromatic N) is 2. The average Bonchev–Trinajstić information content (AvgIpc) is 3.58. The van der Waals surface area contributed by atoms with Gasteiger partial charge in [0.05, 0.1) is 12.5 Å². The first kappa shape index (κ1) is 26.1. The average molecular weight is 480 g/mol. The van der Waals surface area contributed by atoms with Gasteiger partial charge in [-0.1, -0.05) is 5.92 Å². The number of alkyl halides is 3. The van der Waals surface area contributed by atoms with Crippen molar-refractivity contribution < 1.29 is 42.9 Å². The van der Waals surface area contributed by atoms with E-state index in [9.17, 15) is 27.9 Å². The lowest BCUT2D eigenvalue weighted by atomic mass is 10.0. The number of hydrogen-bond acceptors (Lipinski definition) is 7. The smallest absolute Gasteiger partial charge is 0.490 e. The van der Waals surface area contributed by atoms with E-state index in [1.165, 1.54) is 6.07 Å². The highest BCUT2D eigenvalue weighted by atomic mass is 19.4. The Morgan fingerprint density at radius 1 is 1.21 bits per heavy atom. The van der Waals surface area contributed by atoms with Crippen LogP contribution in [0.1, 0.15) is 36.3 Å². The zero-order valence-corrected chi connectivity index (χ0v) is 17.3. The lowest BCUT2D eigenvalue weighted by molar-refractivity contribution is -0.192. The maximum Gasteiger partial charge on any atom is 0.490 e. The molecule has 1 amide bonds. The van der Waals surface area contributed by atoms with Crippen molar-refractivity contribution in [2.45, 2.75) is 37.4 Å². The zero-order chi connectivity index (χ0) is 25.6. The van der Waals surface area contributed by atoms with Crippen molar-refractivity contribution in [2.24, 2.45) is 5.73 Å². The first-order chi connectivity index (χ1) is 15.8. The molecule has 0 bridgehead atoms. The van der Waals surface area contributed by atoms with Gasteiger partial charge in [0.1, 0.15) is 11.4 Å². The van der Waals surface area contributed by atoms with Gasteiger partial charge in [0.15, 0.2) is 5.82 Å². The van der Waals surface area contributed by atoms with Gasteiger partial charge in [0.2, 0.25) is 5.91 Å². The number of carbonyl (C=O) groups is 3. The molecule has 0 spiro atoms. The molecule has 2 aromatic rings. The summed E-state index contributed by atoms with van der Waals surface area (Å²) in [5.74, 6) is -1.67. The number of carbonyl (C=O) groups excluding carboxylic acids is 1. The van der Waals surface area contributed by atoms with Crippen molar-refractivity contribution in [1.82, 2.24) is 10.2 Å². The number of carboxylic acids is 2. The summed E-state index contributed by atoms with van der Waals surface area (Å²) < 4.78 is 31.7. The SMILES string of the molecule is C#Cc1ccc(-c2nnc(NC(=O)[C@H](N)CC(=O)O)cc2C2CC2)c(O)c1.O=C(O)C(F)(F)F. The van der Waals surface area contributed by atoms with Gasteiger partial charge in [0, 0.05) is 11.1 Å². The van der Waals surface area contributed by atoms with E-state index in [0.29, 0.717) is 16.8 Å². The molecule has 0 unspecified atom stereocenters. The lowest BCUT2D eigenvalue weighted by Gasteiger charge is -2.13. The summed E-state index contributed by atoms with van der Waals surface area (Å²) in [6.45, 7) is 0. The van der Waals surface area contributed by atoms with E-state index in [2.05, 4.69) is 21.4 Å². The normalized spacial score (nSPS) is 13.6. The van der Waals surface area contributed by atoms with Crippen LogP contribution in [0.5, 0.6) is 5.75 Å². The fourth-order valence-electron chi connectivity index (χ4n) is 2.70. The van der Waals surface area contributed by atoms with E-state index in [4.69, 9.17) is 27.2 Å². The third kappa shape index (κ3) is 7.17. The molecule has 0 aliphatic heterocycles. The van der Waals surface area contributed by atoms with Crippen LogP contribution in [0.15, 0.2) is 24.3 Å². The Morgan fingerprint density at radius 3 is 2.29 bits per heavy atom. The van der Waals surface area contributed by atoms with E-state index in [1.807, 2.05) is 0 Å². The van der Waals surface area contributed by atoms with Gasteiger partial charge in [-0.3, -0.25) is 9.59 Å². The van der Waals surface area contributed by atoms with Gasteiger partial charge in [-0.15, -0.1) is 16.6 Å². The number of amides is 1. The summed E-state index contributed by atoms with van der Waals surface area (Å²) >= 11 is 0. The van der Waals surface area contributed by atoms with E-state index in [0.717, 1.165) is 18.4 Å². The minimum atomic E-state index is -5.08.